The normalized spacial score (nSPS) is 11.0. The van der Waals surface area contributed by atoms with Gasteiger partial charge in [-0.25, -0.2) is 4.98 Å². The molecule has 1 N–H and O–H groups in total. The van der Waals surface area contributed by atoms with E-state index < -0.39 is 0 Å². The number of fused-ring (bicyclic) bond motifs is 1. The van der Waals surface area contributed by atoms with E-state index >= 15 is 0 Å². The van der Waals surface area contributed by atoms with Gasteiger partial charge >= 0.3 is 0 Å². The molecule has 3 aromatic heterocycles. The van der Waals surface area contributed by atoms with Crippen LogP contribution in [-0.2, 0) is 18.4 Å². The Morgan fingerprint density at radius 3 is 2.95 bits per heavy atom. The monoisotopic (exact) mass is 319 g/mol. The highest BCUT2D eigenvalue weighted by atomic mass is 32.1. The number of hydrogen-bond acceptors (Lipinski definition) is 7. The molecular formula is C12H13N7O2S. The van der Waals surface area contributed by atoms with E-state index in [2.05, 4.69) is 25.6 Å². The van der Waals surface area contributed by atoms with E-state index in [0.29, 0.717) is 16.2 Å². The highest BCUT2D eigenvalue weighted by Gasteiger charge is 2.10. The second-order valence-corrected chi connectivity index (χ2v) is 5.85. The van der Waals surface area contributed by atoms with Gasteiger partial charge in [0.25, 0.3) is 5.56 Å². The van der Waals surface area contributed by atoms with Crippen LogP contribution in [-0.4, -0.2) is 35.4 Å². The van der Waals surface area contributed by atoms with Gasteiger partial charge in [0.2, 0.25) is 11.0 Å². The van der Waals surface area contributed by atoms with Crippen LogP contribution in [0.5, 0.6) is 0 Å². The van der Waals surface area contributed by atoms with Crippen LogP contribution in [0.2, 0.25) is 0 Å². The number of aromatic nitrogens is 6. The lowest BCUT2D eigenvalue weighted by molar-refractivity contribution is -0.116. The standard InChI is InChI=1S/C12H13N7O2S/c1-7-16-17-12(22-7)15-9(20)3-4-19-6-13-10-8(11(19)21)5-14-18(10)2/h5-6H,3-4H2,1-2H3,(H,15,17,20). The minimum atomic E-state index is -0.227. The maximum Gasteiger partial charge on any atom is 0.264 e. The van der Waals surface area contributed by atoms with E-state index in [1.165, 1.54) is 33.1 Å². The van der Waals surface area contributed by atoms with Gasteiger partial charge in [-0.2, -0.15) is 5.10 Å². The number of amides is 1. The van der Waals surface area contributed by atoms with Gasteiger partial charge in [0.1, 0.15) is 10.4 Å². The Kier molecular flexibility index (Phi) is 3.67. The lowest BCUT2D eigenvalue weighted by Gasteiger charge is -2.05. The Morgan fingerprint density at radius 1 is 1.41 bits per heavy atom. The molecule has 0 aliphatic carbocycles. The molecule has 0 radical (unpaired) electrons. The molecule has 0 aromatic carbocycles. The zero-order chi connectivity index (χ0) is 15.7. The van der Waals surface area contributed by atoms with E-state index in [4.69, 9.17) is 0 Å². The summed E-state index contributed by atoms with van der Waals surface area (Å²) in [5.74, 6) is -0.227. The highest BCUT2D eigenvalue weighted by Crippen LogP contribution is 2.13. The lowest BCUT2D eigenvalue weighted by atomic mass is 10.3. The van der Waals surface area contributed by atoms with Crippen molar-refractivity contribution in [1.29, 1.82) is 0 Å². The number of rotatable bonds is 4. The molecule has 114 valence electrons. The zero-order valence-corrected chi connectivity index (χ0v) is 12.8. The topological polar surface area (TPSA) is 108 Å². The minimum Gasteiger partial charge on any atom is -0.300 e. The van der Waals surface area contributed by atoms with Crippen molar-refractivity contribution >= 4 is 33.4 Å². The van der Waals surface area contributed by atoms with Gasteiger partial charge in [0.15, 0.2) is 5.65 Å². The molecule has 9 nitrogen and oxygen atoms in total. The van der Waals surface area contributed by atoms with Crippen molar-refractivity contribution in [3.05, 3.63) is 27.9 Å². The van der Waals surface area contributed by atoms with Crippen LogP contribution in [0.4, 0.5) is 5.13 Å². The molecule has 0 saturated carbocycles. The number of aryl methyl sites for hydroxylation is 3. The molecule has 3 rings (SSSR count). The van der Waals surface area contributed by atoms with Gasteiger partial charge in [0, 0.05) is 20.0 Å². The molecule has 10 heteroatoms. The van der Waals surface area contributed by atoms with Crippen LogP contribution in [0, 0.1) is 6.92 Å². The lowest BCUT2D eigenvalue weighted by Crippen LogP contribution is -2.23. The summed E-state index contributed by atoms with van der Waals surface area (Å²) in [5, 5.41) is 15.9. The molecule has 22 heavy (non-hydrogen) atoms. The van der Waals surface area contributed by atoms with Crippen molar-refractivity contribution in [1.82, 2.24) is 29.5 Å². The first kappa shape index (κ1) is 14.3. The molecule has 0 aliphatic rings. The Bertz CT molecular complexity index is 894. The van der Waals surface area contributed by atoms with Gasteiger partial charge < -0.3 is 5.32 Å². The van der Waals surface area contributed by atoms with Crippen molar-refractivity contribution in [2.24, 2.45) is 7.05 Å². The summed E-state index contributed by atoms with van der Waals surface area (Å²) in [6.07, 6.45) is 3.05. The first-order chi connectivity index (χ1) is 10.5. The van der Waals surface area contributed by atoms with Crippen molar-refractivity contribution in [3.8, 4) is 0 Å². The fourth-order valence-electron chi connectivity index (χ4n) is 1.98. The van der Waals surface area contributed by atoms with E-state index in [9.17, 15) is 9.59 Å². The number of nitrogens with zero attached hydrogens (tertiary/aromatic N) is 6. The molecule has 3 aromatic rings. The fourth-order valence-corrected chi connectivity index (χ4v) is 2.58. The van der Waals surface area contributed by atoms with Gasteiger partial charge in [0.05, 0.1) is 12.5 Å². The molecule has 0 unspecified atom stereocenters. The first-order valence-corrected chi connectivity index (χ1v) is 7.33. The van der Waals surface area contributed by atoms with E-state index in [0.717, 1.165) is 5.01 Å². The Morgan fingerprint density at radius 2 is 2.23 bits per heavy atom. The van der Waals surface area contributed by atoms with Crippen molar-refractivity contribution in [3.63, 3.8) is 0 Å². The smallest absolute Gasteiger partial charge is 0.264 e. The third kappa shape index (κ3) is 2.72. The summed E-state index contributed by atoms with van der Waals surface area (Å²) < 4.78 is 2.93. The summed E-state index contributed by atoms with van der Waals surface area (Å²) in [5.41, 5.74) is 0.313. The average Bonchev–Trinajstić information content (AvgIpc) is 3.05. The SMILES string of the molecule is Cc1nnc(NC(=O)CCn2cnc3c(cnn3C)c2=O)s1. The average molecular weight is 319 g/mol. The largest absolute Gasteiger partial charge is 0.300 e. The number of nitrogens with one attached hydrogen (secondary N) is 1. The molecule has 0 atom stereocenters. The Hall–Kier alpha value is -2.62. The third-order valence-electron chi connectivity index (χ3n) is 3.07. The predicted molar refractivity (Wildman–Crippen MR) is 80.7 cm³/mol. The van der Waals surface area contributed by atoms with E-state index in [1.54, 1.807) is 7.05 Å². The van der Waals surface area contributed by atoms with E-state index in [1.807, 2.05) is 6.92 Å². The van der Waals surface area contributed by atoms with Gasteiger partial charge in [-0.15, -0.1) is 10.2 Å². The van der Waals surface area contributed by atoms with Gasteiger partial charge in [-0.3, -0.25) is 18.8 Å². The molecular weight excluding hydrogens is 306 g/mol. The summed E-state index contributed by atoms with van der Waals surface area (Å²) in [6.45, 7) is 2.04. The van der Waals surface area contributed by atoms with Crippen LogP contribution in [0.15, 0.2) is 17.3 Å². The second kappa shape index (κ2) is 5.64. The Balaban J connectivity index is 1.70. The molecule has 0 aliphatic heterocycles. The molecule has 0 saturated heterocycles. The fraction of sp³-hybridized carbons (Fsp3) is 0.333. The highest BCUT2D eigenvalue weighted by molar-refractivity contribution is 7.15. The van der Waals surface area contributed by atoms with Crippen molar-refractivity contribution < 1.29 is 4.79 Å². The maximum absolute atomic E-state index is 12.2. The summed E-state index contributed by atoms with van der Waals surface area (Å²) >= 11 is 1.30. The maximum atomic E-state index is 12.2. The number of carbonyl (C=O) groups excluding carboxylic acids is 1. The van der Waals surface area contributed by atoms with Gasteiger partial charge in [-0.05, 0) is 6.92 Å². The second-order valence-electron chi connectivity index (χ2n) is 4.67. The molecule has 0 spiro atoms. The van der Waals surface area contributed by atoms with Gasteiger partial charge in [-0.1, -0.05) is 11.3 Å². The van der Waals surface area contributed by atoms with Crippen LogP contribution in [0.25, 0.3) is 11.0 Å². The molecule has 1 amide bonds. The molecule has 0 fully saturated rings. The van der Waals surface area contributed by atoms with Crippen molar-refractivity contribution in [2.45, 2.75) is 19.9 Å². The van der Waals surface area contributed by atoms with Crippen LogP contribution in [0.3, 0.4) is 0 Å². The van der Waals surface area contributed by atoms with Crippen LogP contribution < -0.4 is 10.9 Å². The predicted octanol–water partition coefficient (Wildman–Crippen LogP) is 0.319. The van der Waals surface area contributed by atoms with E-state index in [-0.39, 0.29) is 24.4 Å². The number of anilines is 1. The molecule has 3 heterocycles. The zero-order valence-electron chi connectivity index (χ0n) is 12.0. The number of carbonyl (C=O) groups is 1. The summed E-state index contributed by atoms with van der Waals surface area (Å²) in [6, 6.07) is 0. The first-order valence-electron chi connectivity index (χ1n) is 6.51. The quantitative estimate of drug-likeness (QED) is 0.742. The summed E-state index contributed by atoms with van der Waals surface area (Å²) in [4.78, 5) is 28.3. The third-order valence-corrected chi connectivity index (χ3v) is 3.82. The summed E-state index contributed by atoms with van der Waals surface area (Å²) in [7, 11) is 1.72. The number of hydrogen-bond donors (Lipinski definition) is 1. The molecule has 0 bridgehead atoms. The van der Waals surface area contributed by atoms with Crippen molar-refractivity contribution in [2.75, 3.05) is 5.32 Å². The van der Waals surface area contributed by atoms with Crippen LogP contribution >= 0.6 is 11.3 Å². The van der Waals surface area contributed by atoms with Crippen LogP contribution in [0.1, 0.15) is 11.4 Å². The Labute approximate surface area is 128 Å². The minimum absolute atomic E-state index is 0.145.